The van der Waals surface area contributed by atoms with Crippen molar-refractivity contribution in [3.05, 3.63) is 65.7 Å². The van der Waals surface area contributed by atoms with Gasteiger partial charge in [-0.05, 0) is 18.2 Å². The molecular weight excluding hydrogens is 356 g/mol. The molecule has 0 spiro atoms. The van der Waals surface area contributed by atoms with E-state index in [1.54, 1.807) is 18.2 Å². The summed E-state index contributed by atoms with van der Waals surface area (Å²) < 4.78 is 52.1. The monoisotopic (exact) mass is 366 g/mol. The molecular formula is C17H10F4N2OS. The van der Waals surface area contributed by atoms with Crippen LogP contribution in [0.4, 0.5) is 17.6 Å². The van der Waals surface area contributed by atoms with E-state index in [1.165, 1.54) is 24.3 Å². The second-order valence-electron chi connectivity index (χ2n) is 5.09. The molecule has 128 valence electrons. The van der Waals surface area contributed by atoms with Crippen LogP contribution >= 0.6 is 11.8 Å². The van der Waals surface area contributed by atoms with Crippen molar-refractivity contribution in [3.8, 4) is 0 Å². The Labute approximate surface area is 144 Å². The van der Waals surface area contributed by atoms with Gasteiger partial charge in [0.2, 0.25) is 5.82 Å². The zero-order chi connectivity index (χ0) is 18.0. The number of rotatable bonds is 4. The Hall–Kier alpha value is -2.48. The number of alkyl halides is 3. The fourth-order valence-corrected chi connectivity index (χ4v) is 3.08. The Kier molecular flexibility index (Phi) is 4.71. The Balaban J connectivity index is 1.91. The van der Waals surface area contributed by atoms with E-state index in [4.69, 9.17) is 0 Å². The molecule has 0 aliphatic rings. The lowest BCUT2D eigenvalue weighted by atomic mass is 10.1. The van der Waals surface area contributed by atoms with Gasteiger partial charge in [-0.25, -0.2) is 14.4 Å². The van der Waals surface area contributed by atoms with Crippen LogP contribution in [-0.4, -0.2) is 21.5 Å². The summed E-state index contributed by atoms with van der Waals surface area (Å²) >= 11 is 0.866. The van der Waals surface area contributed by atoms with E-state index < -0.39 is 23.6 Å². The summed E-state index contributed by atoms with van der Waals surface area (Å²) in [5, 5.41) is 0.482. The smallest absolute Gasteiger partial charge is 0.293 e. The molecule has 0 saturated heterocycles. The van der Waals surface area contributed by atoms with Gasteiger partial charge in [-0.2, -0.15) is 13.2 Å². The summed E-state index contributed by atoms with van der Waals surface area (Å²) in [4.78, 5) is 19.2. The number of Topliss-reactive ketones (excluding diaryl/α,β-unsaturated/α-hetero) is 1. The maximum absolute atomic E-state index is 13.2. The molecule has 0 atom stereocenters. The molecule has 0 unspecified atom stereocenters. The van der Waals surface area contributed by atoms with Gasteiger partial charge < -0.3 is 0 Å². The Bertz CT molecular complexity index is 943. The predicted octanol–water partition coefficient (Wildman–Crippen LogP) is 4.76. The summed E-state index contributed by atoms with van der Waals surface area (Å²) in [5.74, 6) is -2.38. The highest BCUT2D eigenvalue weighted by atomic mass is 32.2. The lowest BCUT2D eigenvalue weighted by molar-refractivity contribution is -0.145. The quantitative estimate of drug-likeness (QED) is 0.289. The van der Waals surface area contributed by atoms with Crippen LogP contribution in [0.15, 0.2) is 53.6 Å². The van der Waals surface area contributed by atoms with Crippen LogP contribution in [0.3, 0.4) is 0 Å². The maximum Gasteiger partial charge on any atom is 0.451 e. The van der Waals surface area contributed by atoms with Crippen molar-refractivity contribution in [1.29, 1.82) is 0 Å². The van der Waals surface area contributed by atoms with Crippen molar-refractivity contribution in [2.75, 3.05) is 5.75 Å². The third-order valence-electron chi connectivity index (χ3n) is 3.31. The Morgan fingerprint density at radius 3 is 2.52 bits per heavy atom. The van der Waals surface area contributed by atoms with Crippen LogP contribution in [0.5, 0.6) is 0 Å². The van der Waals surface area contributed by atoms with Crippen molar-refractivity contribution < 1.29 is 22.4 Å². The number of hydrogen-bond donors (Lipinski definition) is 0. The van der Waals surface area contributed by atoms with E-state index in [2.05, 4.69) is 9.97 Å². The first-order chi connectivity index (χ1) is 11.8. The number of benzene rings is 2. The van der Waals surface area contributed by atoms with Gasteiger partial charge in [-0.3, -0.25) is 4.79 Å². The van der Waals surface area contributed by atoms with E-state index in [9.17, 15) is 22.4 Å². The van der Waals surface area contributed by atoms with Crippen LogP contribution in [-0.2, 0) is 6.18 Å². The fourth-order valence-electron chi connectivity index (χ4n) is 2.16. The van der Waals surface area contributed by atoms with E-state index in [1.807, 2.05) is 0 Å². The minimum absolute atomic E-state index is 0.0580. The minimum Gasteiger partial charge on any atom is -0.293 e. The third kappa shape index (κ3) is 3.96. The van der Waals surface area contributed by atoms with Crippen molar-refractivity contribution >= 4 is 28.4 Å². The van der Waals surface area contributed by atoms with Gasteiger partial charge in [0.25, 0.3) is 0 Å². The number of hydrogen-bond acceptors (Lipinski definition) is 4. The summed E-state index contributed by atoms with van der Waals surface area (Å²) in [6.07, 6.45) is -4.69. The molecule has 0 aliphatic carbocycles. The molecule has 3 nitrogen and oxygen atoms in total. The summed E-state index contributed by atoms with van der Waals surface area (Å²) in [6, 6.07) is 11.4. The normalized spacial score (nSPS) is 11.7. The molecule has 0 bridgehead atoms. The first-order valence-electron chi connectivity index (χ1n) is 7.10. The molecule has 1 aromatic heterocycles. The molecule has 0 N–H and O–H groups in total. The van der Waals surface area contributed by atoms with Crippen LogP contribution in [0, 0.1) is 5.82 Å². The van der Waals surface area contributed by atoms with E-state index in [0.717, 1.165) is 17.8 Å². The number of aromatic nitrogens is 2. The lowest BCUT2D eigenvalue weighted by Gasteiger charge is -2.10. The van der Waals surface area contributed by atoms with E-state index >= 15 is 0 Å². The van der Waals surface area contributed by atoms with Gasteiger partial charge in [0.15, 0.2) is 5.78 Å². The molecule has 1 heterocycles. The Morgan fingerprint density at radius 1 is 1.04 bits per heavy atom. The van der Waals surface area contributed by atoms with Crippen LogP contribution in [0.25, 0.3) is 10.9 Å². The largest absolute Gasteiger partial charge is 0.451 e. The third-order valence-corrected chi connectivity index (χ3v) is 4.30. The molecule has 25 heavy (non-hydrogen) atoms. The van der Waals surface area contributed by atoms with Crippen LogP contribution in [0.1, 0.15) is 16.2 Å². The minimum atomic E-state index is -4.69. The van der Waals surface area contributed by atoms with Crippen molar-refractivity contribution in [3.63, 3.8) is 0 Å². The van der Waals surface area contributed by atoms with Gasteiger partial charge in [0.1, 0.15) is 10.8 Å². The average Bonchev–Trinajstić information content (AvgIpc) is 2.58. The standard InChI is InChI=1S/C17H10F4N2OS/c18-11-5-3-4-10(8-11)14(24)9-25-15-12-6-1-2-7-13(12)22-16(23-15)17(19,20)21/h1-8H,9H2. The first kappa shape index (κ1) is 17.3. The van der Waals surface area contributed by atoms with Gasteiger partial charge >= 0.3 is 6.18 Å². The van der Waals surface area contributed by atoms with Gasteiger partial charge in [-0.15, -0.1) is 0 Å². The number of fused-ring (bicyclic) bond motifs is 1. The number of carbonyl (C=O) groups excluding carboxylic acids is 1. The summed E-state index contributed by atoms with van der Waals surface area (Å²) in [5.41, 5.74) is 0.299. The second-order valence-corrected chi connectivity index (χ2v) is 6.05. The SMILES string of the molecule is O=C(CSc1nc(C(F)(F)F)nc2ccccc12)c1cccc(F)c1. The second kappa shape index (κ2) is 6.79. The van der Waals surface area contributed by atoms with Crippen molar-refractivity contribution in [2.45, 2.75) is 11.2 Å². The van der Waals surface area contributed by atoms with Gasteiger partial charge in [-0.1, -0.05) is 42.1 Å². The summed E-state index contributed by atoms with van der Waals surface area (Å²) in [7, 11) is 0. The van der Waals surface area contributed by atoms with E-state index in [-0.39, 0.29) is 21.9 Å². The first-order valence-corrected chi connectivity index (χ1v) is 8.09. The van der Waals surface area contributed by atoms with Crippen LogP contribution in [0.2, 0.25) is 0 Å². The highest BCUT2D eigenvalue weighted by Crippen LogP contribution is 2.32. The molecule has 0 fully saturated rings. The molecule has 3 aromatic rings. The number of para-hydroxylation sites is 1. The topological polar surface area (TPSA) is 42.9 Å². The van der Waals surface area contributed by atoms with Gasteiger partial charge in [0.05, 0.1) is 11.3 Å². The number of nitrogens with zero attached hydrogens (tertiary/aromatic N) is 2. The van der Waals surface area contributed by atoms with Crippen molar-refractivity contribution in [2.24, 2.45) is 0 Å². The van der Waals surface area contributed by atoms with E-state index in [0.29, 0.717) is 5.39 Å². The maximum atomic E-state index is 13.2. The highest BCUT2D eigenvalue weighted by molar-refractivity contribution is 8.00. The number of halogens is 4. The molecule has 0 aliphatic heterocycles. The molecule has 8 heteroatoms. The molecule has 0 saturated carbocycles. The number of thioether (sulfide) groups is 1. The van der Waals surface area contributed by atoms with Gasteiger partial charge in [0, 0.05) is 10.9 Å². The fraction of sp³-hybridized carbons (Fsp3) is 0.118. The highest BCUT2D eigenvalue weighted by Gasteiger charge is 2.35. The predicted molar refractivity (Wildman–Crippen MR) is 86.0 cm³/mol. The number of ketones is 1. The van der Waals surface area contributed by atoms with Crippen LogP contribution < -0.4 is 0 Å². The molecule has 0 radical (unpaired) electrons. The molecule has 0 amide bonds. The Morgan fingerprint density at radius 2 is 1.80 bits per heavy atom. The summed E-state index contributed by atoms with van der Waals surface area (Å²) in [6.45, 7) is 0. The molecule has 2 aromatic carbocycles. The average molecular weight is 366 g/mol. The number of carbonyl (C=O) groups is 1. The van der Waals surface area contributed by atoms with Crippen molar-refractivity contribution in [1.82, 2.24) is 9.97 Å². The molecule has 3 rings (SSSR count). The zero-order valence-corrected chi connectivity index (χ0v) is 13.4. The zero-order valence-electron chi connectivity index (χ0n) is 12.5. The lowest BCUT2D eigenvalue weighted by Crippen LogP contribution is -2.12.